The summed E-state index contributed by atoms with van der Waals surface area (Å²) in [4.78, 5) is 0. The lowest BCUT2D eigenvalue weighted by atomic mass is 10.0. The second kappa shape index (κ2) is 4.81. The van der Waals surface area contributed by atoms with Crippen LogP contribution in [-0.4, -0.2) is 12.2 Å². The Kier molecular flexibility index (Phi) is 3.22. The van der Waals surface area contributed by atoms with Crippen molar-refractivity contribution in [1.29, 1.82) is 0 Å². The van der Waals surface area contributed by atoms with E-state index in [1.165, 1.54) is 0 Å². The molecule has 0 atom stereocenters. The maximum atomic E-state index is 9.24. The average Bonchev–Trinajstić information content (AvgIpc) is 2.38. The molecular formula is C14H14O2. The maximum absolute atomic E-state index is 9.24. The van der Waals surface area contributed by atoms with Crippen molar-refractivity contribution >= 4 is 0 Å². The first-order valence-electron chi connectivity index (χ1n) is 5.19. The lowest BCUT2D eigenvalue weighted by Gasteiger charge is -2.12. The van der Waals surface area contributed by atoms with Gasteiger partial charge in [0.1, 0.15) is 5.75 Å². The third-order valence-electron chi connectivity index (χ3n) is 2.56. The molecule has 2 rings (SSSR count). The summed E-state index contributed by atoms with van der Waals surface area (Å²) < 4.78 is 5.36. The van der Waals surface area contributed by atoms with E-state index in [9.17, 15) is 5.11 Å². The molecule has 0 heterocycles. The number of rotatable bonds is 3. The van der Waals surface area contributed by atoms with Crippen LogP contribution < -0.4 is 4.74 Å². The number of aliphatic hydroxyl groups excluding tert-OH is 1. The third kappa shape index (κ3) is 1.92. The lowest BCUT2D eigenvalue weighted by Crippen LogP contribution is -1.94. The number of aliphatic hydroxyl groups is 1. The summed E-state index contributed by atoms with van der Waals surface area (Å²) in [7, 11) is 1.63. The average molecular weight is 214 g/mol. The molecule has 2 aromatic carbocycles. The predicted octanol–water partition coefficient (Wildman–Crippen LogP) is 2.85. The molecule has 0 amide bonds. The Bertz CT molecular complexity index is 463. The van der Waals surface area contributed by atoms with Crippen molar-refractivity contribution in [2.24, 2.45) is 0 Å². The van der Waals surface area contributed by atoms with Crippen LogP contribution in [0.15, 0.2) is 48.5 Å². The summed E-state index contributed by atoms with van der Waals surface area (Å²) >= 11 is 0. The van der Waals surface area contributed by atoms with Gasteiger partial charge in [0.05, 0.1) is 13.7 Å². The molecule has 0 aliphatic heterocycles. The number of hydrogen-bond donors (Lipinski definition) is 1. The van der Waals surface area contributed by atoms with Crippen LogP contribution in [0.2, 0.25) is 0 Å². The minimum Gasteiger partial charge on any atom is -0.496 e. The van der Waals surface area contributed by atoms with Gasteiger partial charge in [-0.15, -0.1) is 0 Å². The number of benzene rings is 2. The maximum Gasteiger partial charge on any atom is 0.132 e. The van der Waals surface area contributed by atoms with Crippen LogP contribution in [-0.2, 0) is 6.61 Å². The summed E-state index contributed by atoms with van der Waals surface area (Å²) in [5, 5.41) is 9.24. The second-order valence-electron chi connectivity index (χ2n) is 3.52. The number of methoxy groups -OCH3 is 1. The van der Waals surface area contributed by atoms with Crippen molar-refractivity contribution in [1.82, 2.24) is 0 Å². The molecule has 2 nitrogen and oxygen atoms in total. The Balaban J connectivity index is 2.57. The number of para-hydroxylation sites is 1. The fourth-order valence-corrected chi connectivity index (χ4v) is 1.80. The van der Waals surface area contributed by atoms with Gasteiger partial charge in [0.2, 0.25) is 0 Å². The SMILES string of the molecule is COc1c(CO)cccc1-c1ccccc1. The topological polar surface area (TPSA) is 29.5 Å². The molecule has 0 aromatic heterocycles. The van der Waals surface area contributed by atoms with Crippen molar-refractivity contribution in [3.8, 4) is 16.9 Å². The first-order valence-corrected chi connectivity index (χ1v) is 5.19. The van der Waals surface area contributed by atoms with E-state index in [-0.39, 0.29) is 6.61 Å². The van der Waals surface area contributed by atoms with E-state index in [0.717, 1.165) is 22.4 Å². The first-order chi connectivity index (χ1) is 7.86. The molecule has 2 aromatic rings. The molecule has 16 heavy (non-hydrogen) atoms. The van der Waals surface area contributed by atoms with Crippen LogP contribution in [0.3, 0.4) is 0 Å². The van der Waals surface area contributed by atoms with E-state index < -0.39 is 0 Å². The van der Waals surface area contributed by atoms with Crippen molar-refractivity contribution < 1.29 is 9.84 Å². The smallest absolute Gasteiger partial charge is 0.132 e. The molecule has 2 heteroatoms. The number of ether oxygens (including phenoxy) is 1. The van der Waals surface area contributed by atoms with E-state index in [4.69, 9.17) is 4.74 Å². The van der Waals surface area contributed by atoms with Gasteiger partial charge in [0, 0.05) is 11.1 Å². The summed E-state index contributed by atoms with van der Waals surface area (Å²) in [5.41, 5.74) is 2.91. The van der Waals surface area contributed by atoms with E-state index in [2.05, 4.69) is 0 Å². The summed E-state index contributed by atoms with van der Waals surface area (Å²) in [6.07, 6.45) is 0. The second-order valence-corrected chi connectivity index (χ2v) is 3.52. The molecule has 0 radical (unpaired) electrons. The highest BCUT2D eigenvalue weighted by Gasteiger charge is 2.09. The monoisotopic (exact) mass is 214 g/mol. The van der Waals surface area contributed by atoms with Gasteiger partial charge in [-0.2, -0.15) is 0 Å². The Labute approximate surface area is 95.1 Å². The Morgan fingerprint density at radius 1 is 1.00 bits per heavy atom. The Morgan fingerprint density at radius 2 is 1.75 bits per heavy atom. The van der Waals surface area contributed by atoms with Gasteiger partial charge >= 0.3 is 0 Å². The molecule has 0 saturated carbocycles. The Hall–Kier alpha value is -1.80. The standard InChI is InChI=1S/C14H14O2/c1-16-14-12(10-15)8-5-9-13(14)11-6-3-2-4-7-11/h2-9,15H,10H2,1H3. The van der Waals surface area contributed by atoms with E-state index >= 15 is 0 Å². The van der Waals surface area contributed by atoms with Crippen molar-refractivity contribution in [3.05, 3.63) is 54.1 Å². The minimum atomic E-state index is -0.0101. The van der Waals surface area contributed by atoms with Crippen LogP contribution >= 0.6 is 0 Å². The van der Waals surface area contributed by atoms with Gasteiger partial charge in [0.25, 0.3) is 0 Å². The highest BCUT2D eigenvalue weighted by molar-refractivity contribution is 5.72. The third-order valence-corrected chi connectivity index (χ3v) is 2.56. The summed E-state index contributed by atoms with van der Waals surface area (Å²) in [6, 6.07) is 15.8. The van der Waals surface area contributed by atoms with Gasteiger partial charge in [-0.25, -0.2) is 0 Å². The van der Waals surface area contributed by atoms with Crippen LogP contribution in [0, 0.1) is 0 Å². The van der Waals surface area contributed by atoms with Gasteiger partial charge in [-0.05, 0) is 5.56 Å². The molecule has 82 valence electrons. The molecule has 0 bridgehead atoms. The fraction of sp³-hybridized carbons (Fsp3) is 0.143. The van der Waals surface area contributed by atoms with Crippen LogP contribution in [0.4, 0.5) is 0 Å². The summed E-state index contributed by atoms with van der Waals surface area (Å²) in [5.74, 6) is 0.746. The summed E-state index contributed by atoms with van der Waals surface area (Å²) in [6.45, 7) is -0.0101. The van der Waals surface area contributed by atoms with Gasteiger partial charge in [-0.3, -0.25) is 0 Å². The van der Waals surface area contributed by atoms with Crippen LogP contribution in [0.1, 0.15) is 5.56 Å². The molecule has 0 aliphatic carbocycles. The molecule has 0 saturated heterocycles. The molecule has 0 aliphatic rings. The fourth-order valence-electron chi connectivity index (χ4n) is 1.80. The number of hydrogen-bond acceptors (Lipinski definition) is 2. The molecule has 0 spiro atoms. The quantitative estimate of drug-likeness (QED) is 0.851. The van der Waals surface area contributed by atoms with Gasteiger partial charge in [-0.1, -0.05) is 48.5 Å². The van der Waals surface area contributed by atoms with E-state index in [0.29, 0.717) is 0 Å². The van der Waals surface area contributed by atoms with E-state index in [1.807, 2.05) is 48.5 Å². The highest BCUT2D eigenvalue weighted by atomic mass is 16.5. The molecule has 0 fully saturated rings. The zero-order chi connectivity index (χ0) is 11.4. The van der Waals surface area contributed by atoms with Crippen LogP contribution in [0.25, 0.3) is 11.1 Å². The molecule has 0 unspecified atom stereocenters. The van der Waals surface area contributed by atoms with Crippen molar-refractivity contribution in [2.75, 3.05) is 7.11 Å². The van der Waals surface area contributed by atoms with Gasteiger partial charge in [0.15, 0.2) is 0 Å². The van der Waals surface area contributed by atoms with Crippen LogP contribution in [0.5, 0.6) is 5.75 Å². The van der Waals surface area contributed by atoms with Crippen molar-refractivity contribution in [2.45, 2.75) is 6.61 Å². The highest BCUT2D eigenvalue weighted by Crippen LogP contribution is 2.32. The largest absolute Gasteiger partial charge is 0.496 e. The van der Waals surface area contributed by atoms with Crippen molar-refractivity contribution in [3.63, 3.8) is 0 Å². The predicted molar refractivity (Wildman–Crippen MR) is 64.4 cm³/mol. The Morgan fingerprint density at radius 3 is 2.38 bits per heavy atom. The van der Waals surface area contributed by atoms with E-state index in [1.54, 1.807) is 7.11 Å². The normalized spacial score (nSPS) is 10.1. The molecule has 1 N–H and O–H groups in total. The lowest BCUT2D eigenvalue weighted by molar-refractivity contribution is 0.274. The zero-order valence-electron chi connectivity index (χ0n) is 9.18. The minimum absolute atomic E-state index is 0.0101. The van der Waals surface area contributed by atoms with Gasteiger partial charge < -0.3 is 9.84 Å². The first kappa shape index (κ1) is 10.7. The zero-order valence-corrected chi connectivity index (χ0v) is 9.18. The molecular weight excluding hydrogens is 200 g/mol.